The van der Waals surface area contributed by atoms with E-state index in [4.69, 9.17) is 0 Å². The monoisotopic (exact) mass is 307 g/mol. The first-order valence-corrected chi connectivity index (χ1v) is 8.28. The molecule has 1 aromatic rings. The standard InChI is InChI=1S/C15H21N3O2S/c1-2-18-11-12(6-7-14(18)19)15(20)17-9-10-21-13-5-3-4-8-16-13/h3-5,8,12H,2,6-7,9-11H2,1H3,(H,17,20)/t12-/m0/s1. The summed E-state index contributed by atoms with van der Waals surface area (Å²) in [5.41, 5.74) is 0. The highest BCUT2D eigenvalue weighted by Crippen LogP contribution is 2.18. The average molecular weight is 307 g/mol. The zero-order chi connectivity index (χ0) is 15.1. The van der Waals surface area contributed by atoms with Crippen LogP contribution in [-0.2, 0) is 9.59 Å². The molecular weight excluding hydrogens is 286 g/mol. The van der Waals surface area contributed by atoms with Gasteiger partial charge in [-0.15, -0.1) is 11.8 Å². The summed E-state index contributed by atoms with van der Waals surface area (Å²) in [5.74, 6) is 0.948. The Morgan fingerprint density at radius 2 is 2.38 bits per heavy atom. The topological polar surface area (TPSA) is 62.3 Å². The van der Waals surface area contributed by atoms with Crippen LogP contribution in [0, 0.1) is 5.92 Å². The van der Waals surface area contributed by atoms with Crippen LogP contribution in [0.1, 0.15) is 19.8 Å². The molecule has 5 nitrogen and oxygen atoms in total. The van der Waals surface area contributed by atoms with Crippen molar-refractivity contribution >= 4 is 23.6 Å². The van der Waals surface area contributed by atoms with E-state index in [1.54, 1.807) is 22.9 Å². The Morgan fingerprint density at radius 3 is 3.10 bits per heavy atom. The first-order chi connectivity index (χ1) is 10.2. The Balaban J connectivity index is 1.69. The lowest BCUT2D eigenvalue weighted by molar-refractivity contribution is -0.138. The highest BCUT2D eigenvalue weighted by Gasteiger charge is 2.28. The van der Waals surface area contributed by atoms with E-state index in [1.807, 2.05) is 25.1 Å². The number of hydrogen-bond acceptors (Lipinski definition) is 4. The van der Waals surface area contributed by atoms with Gasteiger partial charge in [-0.05, 0) is 25.5 Å². The van der Waals surface area contributed by atoms with Gasteiger partial charge < -0.3 is 10.2 Å². The average Bonchev–Trinajstić information content (AvgIpc) is 2.53. The molecule has 1 fully saturated rings. The van der Waals surface area contributed by atoms with E-state index in [9.17, 15) is 9.59 Å². The third kappa shape index (κ3) is 4.74. The van der Waals surface area contributed by atoms with Crippen LogP contribution >= 0.6 is 11.8 Å². The molecule has 0 bridgehead atoms. The molecule has 1 atom stereocenters. The molecule has 2 rings (SSSR count). The van der Waals surface area contributed by atoms with E-state index in [2.05, 4.69) is 10.3 Å². The highest BCUT2D eigenvalue weighted by atomic mass is 32.2. The van der Waals surface area contributed by atoms with Gasteiger partial charge in [0, 0.05) is 38.0 Å². The first-order valence-electron chi connectivity index (χ1n) is 7.30. The van der Waals surface area contributed by atoms with Crippen LogP contribution in [-0.4, -0.2) is 47.1 Å². The second-order valence-corrected chi connectivity index (χ2v) is 6.09. The maximum Gasteiger partial charge on any atom is 0.224 e. The van der Waals surface area contributed by atoms with Crippen LogP contribution in [0.5, 0.6) is 0 Å². The van der Waals surface area contributed by atoms with Gasteiger partial charge in [-0.2, -0.15) is 0 Å². The molecule has 1 aliphatic heterocycles. The van der Waals surface area contributed by atoms with Gasteiger partial charge in [-0.25, -0.2) is 4.98 Å². The minimum atomic E-state index is -0.0671. The molecule has 0 aromatic carbocycles. The van der Waals surface area contributed by atoms with Crippen molar-refractivity contribution in [3.05, 3.63) is 24.4 Å². The summed E-state index contributed by atoms with van der Waals surface area (Å²) in [7, 11) is 0. The molecule has 21 heavy (non-hydrogen) atoms. The summed E-state index contributed by atoms with van der Waals surface area (Å²) in [5, 5.41) is 3.92. The number of nitrogens with zero attached hydrogens (tertiary/aromatic N) is 2. The van der Waals surface area contributed by atoms with E-state index in [-0.39, 0.29) is 17.7 Å². The summed E-state index contributed by atoms with van der Waals surface area (Å²) in [4.78, 5) is 29.7. The van der Waals surface area contributed by atoms with Crippen molar-refractivity contribution in [2.75, 3.05) is 25.4 Å². The van der Waals surface area contributed by atoms with E-state index in [0.717, 1.165) is 10.8 Å². The number of likely N-dealkylation sites (tertiary alicyclic amines) is 1. The SMILES string of the molecule is CCN1C[C@@H](C(=O)NCCSc2ccccn2)CCC1=O. The summed E-state index contributed by atoms with van der Waals surface area (Å²) >= 11 is 1.62. The van der Waals surface area contributed by atoms with Gasteiger partial charge in [-0.3, -0.25) is 9.59 Å². The molecule has 0 aliphatic carbocycles. The van der Waals surface area contributed by atoms with E-state index < -0.39 is 0 Å². The third-order valence-electron chi connectivity index (χ3n) is 3.54. The van der Waals surface area contributed by atoms with E-state index >= 15 is 0 Å². The zero-order valence-electron chi connectivity index (χ0n) is 12.2. The van der Waals surface area contributed by atoms with E-state index in [0.29, 0.717) is 32.5 Å². The van der Waals surface area contributed by atoms with Gasteiger partial charge in [-0.1, -0.05) is 6.07 Å². The number of aromatic nitrogens is 1. The second-order valence-electron chi connectivity index (χ2n) is 4.98. The molecular formula is C15H21N3O2S. The smallest absolute Gasteiger partial charge is 0.224 e. The van der Waals surface area contributed by atoms with Crippen molar-refractivity contribution in [3.63, 3.8) is 0 Å². The van der Waals surface area contributed by atoms with Gasteiger partial charge in [0.1, 0.15) is 0 Å². The molecule has 114 valence electrons. The molecule has 2 amide bonds. The summed E-state index contributed by atoms with van der Waals surface area (Å²) in [6.07, 6.45) is 2.91. The quantitative estimate of drug-likeness (QED) is 0.640. The molecule has 0 saturated carbocycles. The van der Waals surface area contributed by atoms with Crippen molar-refractivity contribution in [1.29, 1.82) is 0 Å². The molecule has 1 N–H and O–H groups in total. The number of carbonyl (C=O) groups is 2. The van der Waals surface area contributed by atoms with Crippen molar-refractivity contribution < 1.29 is 9.59 Å². The Morgan fingerprint density at radius 1 is 1.52 bits per heavy atom. The Labute approximate surface area is 129 Å². The zero-order valence-corrected chi connectivity index (χ0v) is 13.1. The fraction of sp³-hybridized carbons (Fsp3) is 0.533. The minimum absolute atomic E-state index is 0.0579. The van der Waals surface area contributed by atoms with Gasteiger partial charge in [0.25, 0.3) is 0 Å². The molecule has 1 saturated heterocycles. The van der Waals surface area contributed by atoms with Gasteiger partial charge in [0.05, 0.1) is 10.9 Å². The summed E-state index contributed by atoms with van der Waals surface area (Å²) in [6.45, 7) is 3.80. The molecule has 0 radical (unpaired) electrons. The van der Waals surface area contributed by atoms with Crippen molar-refractivity contribution in [1.82, 2.24) is 15.2 Å². The Kier molecular flexibility index (Phi) is 6.04. The number of thioether (sulfide) groups is 1. The third-order valence-corrected chi connectivity index (χ3v) is 4.49. The van der Waals surface area contributed by atoms with Gasteiger partial charge >= 0.3 is 0 Å². The van der Waals surface area contributed by atoms with Crippen LogP contribution in [0.3, 0.4) is 0 Å². The van der Waals surface area contributed by atoms with E-state index in [1.165, 1.54) is 0 Å². The lowest BCUT2D eigenvalue weighted by atomic mass is 9.97. The second kappa shape index (κ2) is 8.02. The molecule has 1 aliphatic rings. The van der Waals surface area contributed by atoms with Crippen molar-refractivity contribution in [2.45, 2.75) is 24.8 Å². The number of rotatable bonds is 6. The molecule has 0 spiro atoms. The van der Waals surface area contributed by atoms with Crippen LogP contribution < -0.4 is 5.32 Å². The Bertz CT molecular complexity index is 481. The number of piperidine rings is 1. The molecule has 2 heterocycles. The number of pyridine rings is 1. The fourth-order valence-electron chi connectivity index (χ4n) is 2.34. The van der Waals surface area contributed by atoms with Crippen LogP contribution in [0.2, 0.25) is 0 Å². The predicted molar refractivity (Wildman–Crippen MR) is 82.9 cm³/mol. The first kappa shape index (κ1) is 15.8. The Hall–Kier alpha value is -1.56. The number of nitrogens with one attached hydrogen (secondary N) is 1. The summed E-state index contributed by atoms with van der Waals surface area (Å²) < 4.78 is 0. The minimum Gasteiger partial charge on any atom is -0.355 e. The number of amides is 2. The maximum atomic E-state index is 12.1. The normalized spacial score (nSPS) is 18.6. The van der Waals surface area contributed by atoms with Crippen LogP contribution in [0.4, 0.5) is 0 Å². The largest absolute Gasteiger partial charge is 0.355 e. The maximum absolute atomic E-state index is 12.1. The lowest BCUT2D eigenvalue weighted by Crippen LogP contribution is -2.45. The van der Waals surface area contributed by atoms with Gasteiger partial charge in [0.15, 0.2) is 0 Å². The highest BCUT2D eigenvalue weighted by molar-refractivity contribution is 7.99. The fourth-order valence-corrected chi connectivity index (χ4v) is 3.06. The number of hydrogen-bond donors (Lipinski definition) is 1. The lowest BCUT2D eigenvalue weighted by Gasteiger charge is -2.30. The predicted octanol–water partition coefficient (Wildman–Crippen LogP) is 1.55. The van der Waals surface area contributed by atoms with Gasteiger partial charge in [0.2, 0.25) is 11.8 Å². The molecule has 6 heteroatoms. The molecule has 0 unspecified atom stereocenters. The van der Waals surface area contributed by atoms with Crippen molar-refractivity contribution in [3.8, 4) is 0 Å². The summed E-state index contributed by atoms with van der Waals surface area (Å²) in [6, 6.07) is 5.79. The van der Waals surface area contributed by atoms with Crippen LogP contribution in [0.25, 0.3) is 0 Å². The molecule has 1 aromatic heterocycles. The van der Waals surface area contributed by atoms with Crippen molar-refractivity contribution in [2.24, 2.45) is 5.92 Å². The number of carbonyl (C=O) groups excluding carboxylic acids is 2. The van der Waals surface area contributed by atoms with Crippen LogP contribution in [0.15, 0.2) is 29.4 Å².